The summed E-state index contributed by atoms with van der Waals surface area (Å²) < 4.78 is 49.6. The summed E-state index contributed by atoms with van der Waals surface area (Å²) in [6.07, 6.45) is 2.00. The van der Waals surface area contributed by atoms with Crippen LogP contribution in [0.3, 0.4) is 0 Å². The molecule has 0 spiro atoms. The number of rotatable bonds is 9. The molecular weight excluding hydrogens is 561 g/mol. The molecule has 2 fully saturated rings. The molecule has 1 unspecified atom stereocenters. The Morgan fingerprint density at radius 1 is 1.10 bits per heavy atom. The number of aliphatic hydroxyl groups excluding tert-OH is 3. The van der Waals surface area contributed by atoms with Crippen molar-refractivity contribution < 1.29 is 32.9 Å². The first-order chi connectivity index (χ1) is 19.7. The van der Waals surface area contributed by atoms with Crippen LogP contribution in [0.4, 0.5) is 10.2 Å². The highest BCUT2D eigenvalue weighted by atomic mass is 32.2. The summed E-state index contributed by atoms with van der Waals surface area (Å²) in [4.78, 5) is 13.6. The third kappa shape index (κ3) is 5.27. The molecule has 0 bridgehead atoms. The highest BCUT2D eigenvalue weighted by Crippen LogP contribution is 2.33. The van der Waals surface area contributed by atoms with E-state index in [1.165, 1.54) is 21.8 Å². The Hall–Kier alpha value is -3.61. The van der Waals surface area contributed by atoms with E-state index in [1.807, 2.05) is 0 Å². The number of hydrogen-bond acceptors (Lipinski definition) is 12. The maximum Gasteiger partial charge on any atom is 0.256 e. The number of nitrogens with zero attached hydrogens (tertiary/aromatic N) is 7. The van der Waals surface area contributed by atoms with Crippen molar-refractivity contribution in [3.63, 3.8) is 0 Å². The molecular formula is C24H28FN9O6S. The number of anilines is 1. The lowest BCUT2D eigenvalue weighted by atomic mass is 10.1. The normalized spacial score (nSPS) is 23.5. The van der Waals surface area contributed by atoms with E-state index >= 15 is 0 Å². The lowest BCUT2D eigenvalue weighted by molar-refractivity contribution is -0.0511. The third-order valence-electron chi connectivity index (χ3n) is 7.27. The number of nitrogens with one attached hydrogen (secondary N) is 2. The number of hydrogen-bond donors (Lipinski definition) is 5. The zero-order chi connectivity index (χ0) is 28.7. The number of aromatic nitrogens is 7. The van der Waals surface area contributed by atoms with Gasteiger partial charge in [0.1, 0.15) is 24.1 Å². The lowest BCUT2D eigenvalue weighted by Crippen LogP contribution is -2.33. The Labute approximate surface area is 233 Å². The van der Waals surface area contributed by atoms with Gasteiger partial charge in [0, 0.05) is 6.04 Å². The number of sulfonamides is 1. The maximum absolute atomic E-state index is 13.3. The van der Waals surface area contributed by atoms with Gasteiger partial charge in [-0.05, 0) is 37.1 Å². The third-order valence-corrected chi connectivity index (χ3v) is 8.69. The van der Waals surface area contributed by atoms with E-state index in [9.17, 15) is 28.1 Å². The minimum absolute atomic E-state index is 0.0416. The SMILES string of the molecule is O=S(=O)(NCc1cnnn1-c1nc(NC2CCCC2)c2ncn(C3O[C@H](CO)[C@@H](O)[C@@H]3O)c2n1)c1ccc(F)cc1. The van der Waals surface area contributed by atoms with Crippen molar-refractivity contribution in [1.29, 1.82) is 0 Å². The Bertz CT molecular complexity index is 1640. The van der Waals surface area contributed by atoms with Gasteiger partial charge in [-0.1, -0.05) is 18.1 Å². The highest BCUT2D eigenvalue weighted by molar-refractivity contribution is 7.89. The topological polar surface area (TPSA) is 202 Å². The number of fused-ring (bicyclic) bond motifs is 1. The van der Waals surface area contributed by atoms with Crippen LogP contribution in [0, 0.1) is 5.82 Å². The van der Waals surface area contributed by atoms with Crippen molar-refractivity contribution in [2.24, 2.45) is 0 Å². The van der Waals surface area contributed by atoms with Crippen LogP contribution in [0.15, 0.2) is 41.7 Å². The van der Waals surface area contributed by atoms with Gasteiger partial charge in [0.25, 0.3) is 5.95 Å². The minimum Gasteiger partial charge on any atom is -0.394 e. The molecule has 2 aliphatic rings. The van der Waals surface area contributed by atoms with Crippen molar-refractivity contribution in [1.82, 2.24) is 39.2 Å². The van der Waals surface area contributed by atoms with Gasteiger partial charge in [-0.3, -0.25) is 4.57 Å². The molecule has 0 amide bonds. The fraction of sp³-hybridized carbons (Fsp3) is 0.458. The van der Waals surface area contributed by atoms with Crippen LogP contribution < -0.4 is 10.0 Å². The molecule has 41 heavy (non-hydrogen) atoms. The number of imidazole rings is 1. The van der Waals surface area contributed by atoms with Gasteiger partial charge in [0.05, 0.1) is 36.3 Å². The highest BCUT2D eigenvalue weighted by Gasteiger charge is 2.44. The second-order valence-corrected chi connectivity index (χ2v) is 11.7. The Morgan fingerprint density at radius 2 is 1.85 bits per heavy atom. The van der Waals surface area contributed by atoms with E-state index in [0.29, 0.717) is 17.0 Å². The molecule has 1 aliphatic carbocycles. The fourth-order valence-corrected chi connectivity index (χ4v) is 6.07. The second-order valence-electron chi connectivity index (χ2n) is 9.97. The van der Waals surface area contributed by atoms with Gasteiger partial charge in [-0.15, -0.1) is 5.10 Å². The lowest BCUT2D eigenvalue weighted by Gasteiger charge is -2.18. The number of ether oxygens (including phenoxy) is 1. The molecule has 4 aromatic rings. The van der Waals surface area contributed by atoms with Gasteiger partial charge >= 0.3 is 0 Å². The van der Waals surface area contributed by atoms with E-state index < -0.39 is 47.0 Å². The second kappa shape index (κ2) is 11.0. The molecule has 3 aromatic heterocycles. The molecule has 4 heterocycles. The van der Waals surface area contributed by atoms with Crippen LogP contribution in [0.5, 0.6) is 0 Å². The van der Waals surface area contributed by atoms with Gasteiger partial charge < -0.3 is 25.4 Å². The van der Waals surface area contributed by atoms with Crippen molar-refractivity contribution >= 4 is 27.0 Å². The van der Waals surface area contributed by atoms with E-state index in [1.54, 1.807) is 0 Å². The van der Waals surface area contributed by atoms with Crippen molar-refractivity contribution in [2.75, 3.05) is 11.9 Å². The molecule has 4 atom stereocenters. The quantitative estimate of drug-likeness (QED) is 0.175. The van der Waals surface area contributed by atoms with Crippen molar-refractivity contribution in [3.8, 4) is 5.95 Å². The summed E-state index contributed by atoms with van der Waals surface area (Å²) in [5, 5.41) is 41.8. The number of benzene rings is 1. The van der Waals surface area contributed by atoms with Crippen LogP contribution in [-0.4, -0.2) is 89.2 Å². The smallest absolute Gasteiger partial charge is 0.256 e. The van der Waals surface area contributed by atoms with E-state index in [0.717, 1.165) is 49.9 Å². The monoisotopic (exact) mass is 589 g/mol. The maximum atomic E-state index is 13.3. The van der Waals surface area contributed by atoms with Crippen LogP contribution in [0.1, 0.15) is 37.6 Å². The molecule has 15 nitrogen and oxygen atoms in total. The van der Waals surface area contributed by atoms with E-state index in [4.69, 9.17) is 4.74 Å². The summed E-state index contributed by atoms with van der Waals surface area (Å²) in [5.74, 6) is -0.118. The predicted octanol–water partition coefficient (Wildman–Crippen LogP) is -0.00940. The Balaban J connectivity index is 1.36. The van der Waals surface area contributed by atoms with E-state index in [2.05, 4.69) is 35.3 Å². The zero-order valence-corrected chi connectivity index (χ0v) is 22.4. The minimum atomic E-state index is -3.98. The summed E-state index contributed by atoms with van der Waals surface area (Å²) >= 11 is 0. The summed E-state index contributed by atoms with van der Waals surface area (Å²) in [6.45, 7) is -0.722. The molecule has 6 rings (SSSR count). The summed E-state index contributed by atoms with van der Waals surface area (Å²) in [7, 11) is -3.98. The molecule has 1 saturated carbocycles. The molecule has 218 valence electrons. The van der Waals surface area contributed by atoms with Crippen LogP contribution in [0.25, 0.3) is 17.1 Å². The van der Waals surface area contributed by atoms with Crippen LogP contribution in [-0.2, 0) is 21.3 Å². The molecule has 1 aromatic carbocycles. The van der Waals surface area contributed by atoms with Gasteiger partial charge in [0.2, 0.25) is 10.0 Å². The van der Waals surface area contributed by atoms with Gasteiger partial charge in [-0.25, -0.2) is 22.5 Å². The standard InChI is InChI=1S/C24H28FN9O6S/c25-13-5-7-16(8-6-13)41(38,39)28-10-15-9-27-32-34(15)24-30-21(29-14-3-1-2-4-14)18-22(31-24)33(12-26-18)23-20(37)19(36)17(11-35)40-23/h5-9,12,14,17,19-20,23,28,35-37H,1-4,10-11H2,(H,29,30,31)/t17-,19-,20+,23?/m1/s1. The first kappa shape index (κ1) is 27.6. The van der Waals surface area contributed by atoms with Gasteiger partial charge in [-0.2, -0.15) is 14.6 Å². The first-order valence-corrected chi connectivity index (χ1v) is 14.5. The van der Waals surface area contributed by atoms with Crippen molar-refractivity contribution in [3.05, 3.63) is 48.3 Å². The van der Waals surface area contributed by atoms with Gasteiger partial charge in [0.15, 0.2) is 23.2 Å². The Kier molecular flexibility index (Phi) is 7.39. The van der Waals surface area contributed by atoms with Crippen molar-refractivity contribution in [2.45, 2.75) is 67.7 Å². The average Bonchev–Trinajstić information content (AvgIpc) is 3.76. The number of aliphatic hydroxyl groups is 3. The van der Waals surface area contributed by atoms with Crippen LogP contribution >= 0.6 is 0 Å². The first-order valence-electron chi connectivity index (χ1n) is 13.0. The molecule has 17 heteroatoms. The largest absolute Gasteiger partial charge is 0.394 e. The average molecular weight is 590 g/mol. The summed E-state index contributed by atoms with van der Waals surface area (Å²) in [6, 6.07) is 4.57. The molecule has 0 radical (unpaired) electrons. The fourth-order valence-electron chi connectivity index (χ4n) is 5.07. The zero-order valence-electron chi connectivity index (χ0n) is 21.6. The number of halogens is 1. The molecule has 5 N–H and O–H groups in total. The predicted molar refractivity (Wildman–Crippen MR) is 140 cm³/mol. The molecule has 1 saturated heterocycles. The van der Waals surface area contributed by atoms with Crippen LogP contribution in [0.2, 0.25) is 0 Å². The molecule has 1 aliphatic heterocycles. The summed E-state index contributed by atoms with van der Waals surface area (Å²) in [5.41, 5.74) is 0.941. The van der Waals surface area contributed by atoms with E-state index in [-0.39, 0.29) is 29.1 Å². The Morgan fingerprint density at radius 3 is 2.56 bits per heavy atom.